The molecular formula is C31H38N4O2S. The second kappa shape index (κ2) is 10.9. The van der Waals surface area contributed by atoms with E-state index in [1.165, 1.54) is 28.1 Å². The third kappa shape index (κ3) is 5.43. The van der Waals surface area contributed by atoms with Gasteiger partial charge < -0.3 is 15.0 Å². The normalized spacial score (nSPS) is 20.3. The maximum atomic E-state index is 13.2. The van der Waals surface area contributed by atoms with Crippen molar-refractivity contribution in [2.45, 2.75) is 39.7 Å². The van der Waals surface area contributed by atoms with Gasteiger partial charge in [-0.05, 0) is 66.2 Å². The lowest BCUT2D eigenvalue weighted by atomic mass is 9.75. The van der Waals surface area contributed by atoms with E-state index in [1.54, 1.807) is 11.3 Å². The molecule has 38 heavy (non-hydrogen) atoms. The predicted octanol–water partition coefficient (Wildman–Crippen LogP) is 5.26. The van der Waals surface area contributed by atoms with E-state index in [9.17, 15) is 4.79 Å². The van der Waals surface area contributed by atoms with Gasteiger partial charge >= 0.3 is 0 Å². The van der Waals surface area contributed by atoms with Crippen molar-refractivity contribution in [1.82, 2.24) is 15.2 Å². The Morgan fingerprint density at radius 2 is 1.89 bits per heavy atom. The van der Waals surface area contributed by atoms with Gasteiger partial charge in [0, 0.05) is 56.5 Å². The largest absolute Gasteiger partial charge is 0.378 e. The highest BCUT2D eigenvalue weighted by Crippen LogP contribution is 2.49. The zero-order valence-electron chi connectivity index (χ0n) is 22.6. The molecule has 1 aliphatic carbocycles. The lowest BCUT2D eigenvalue weighted by Crippen LogP contribution is -2.36. The van der Waals surface area contributed by atoms with Crippen LogP contribution in [-0.2, 0) is 17.7 Å². The van der Waals surface area contributed by atoms with E-state index in [0.717, 1.165) is 87.1 Å². The summed E-state index contributed by atoms with van der Waals surface area (Å²) in [6, 6.07) is 13.2. The van der Waals surface area contributed by atoms with Crippen LogP contribution in [0.25, 0.3) is 22.4 Å². The SMILES string of the molecule is CC1(C)CC(=O)c2sc(N3CCOCC3)c(-c3ccnc(-c4cccc(CN5CCCNCC5)c4)c3)c2C1. The van der Waals surface area contributed by atoms with Crippen molar-refractivity contribution < 1.29 is 9.53 Å². The molecule has 1 N–H and O–H groups in total. The molecule has 200 valence electrons. The Balaban J connectivity index is 1.37. The quantitative estimate of drug-likeness (QED) is 0.485. The summed E-state index contributed by atoms with van der Waals surface area (Å²) in [4.78, 5) is 23.9. The number of fused-ring (bicyclic) bond motifs is 1. The molecule has 2 aliphatic heterocycles. The Hall–Kier alpha value is -2.58. The van der Waals surface area contributed by atoms with Crippen LogP contribution in [0.5, 0.6) is 0 Å². The van der Waals surface area contributed by atoms with Crippen LogP contribution in [-0.4, -0.2) is 68.1 Å². The summed E-state index contributed by atoms with van der Waals surface area (Å²) in [5.41, 5.74) is 7.02. The van der Waals surface area contributed by atoms with Gasteiger partial charge in [-0.1, -0.05) is 32.0 Å². The first-order valence-electron chi connectivity index (χ1n) is 14.0. The summed E-state index contributed by atoms with van der Waals surface area (Å²) in [6.07, 6.45) is 4.66. The highest BCUT2D eigenvalue weighted by Gasteiger charge is 2.37. The molecule has 3 aliphatic rings. The number of hydrogen-bond donors (Lipinski definition) is 1. The molecule has 3 aromatic rings. The Bertz CT molecular complexity index is 1300. The fourth-order valence-corrected chi connectivity index (χ4v) is 7.41. The van der Waals surface area contributed by atoms with Gasteiger partial charge in [-0.15, -0.1) is 11.3 Å². The molecule has 0 amide bonds. The summed E-state index contributed by atoms with van der Waals surface area (Å²) < 4.78 is 5.65. The molecule has 4 heterocycles. The lowest BCUT2D eigenvalue weighted by molar-refractivity contribution is 0.0918. The number of benzene rings is 1. The van der Waals surface area contributed by atoms with Gasteiger partial charge in [0.05, 0.1) is 28.8 Å². The van der Waals surface area contributed by atoms with E-state index in [4.69, 9.17) is 9.72 Å². The summed E-state index contributed by atoms with van der Waals surface area (Å²) in [7, 11) is 0. The van der Waals surface area contributed by atoms with Crippen molar-refractivity contribution in [1.29, 1.82) is 0 Å². The molecule has 2 fully saturated rings. The number of ketones is 1. The Morgan fingerprint density at radius 1 is 1.03 bits per heavy atom. The lowest BCUT2D eigenvalue weighted by Gasteiger charge is -2.30. The fourth-order valence-electron chi connectivity index (χ4n) is 6.08. The van der Waals surface area contributed by atoms with E-state index < -0.39 is 0 Å². The average Bonchev–Trinajstić information content (AvgIpc) is 3.10. The number of anilines is 1. The maximum Gasteiger partial charge on any atom is 0.173 e. The number of pyridine rings is 1. The molecule has 0 saturated carbocycles. The Kier molecular flexibility index (Phi) is 7.36. The van der Waals surface area contributed by atoms with Crippen molar-refractivity contribution in [3.63, 3.8) is 0 Å². The Morgan fingerprint density at radius 3 is 2.76 bits per heavy atom. The van der Waals surface area contributed by atoms with Crippen LogP contribution in [0, 0.1) is 5.41 Å². The molecule has 7 heteroatoms. The van der Waals surface area contributed by atoms with E-state index in [1.807, 2.05) is 6.20 Å². The number of thiophene rings is 1. The van der Waals surface area contributed by atoms with Gasteiger partial charge in [-0.3, -0.25) is 14.7 Å². The van der Waals surface area contributed by atoms with Crippen molar-refractivity contribution in [2.75, 3.05) is 57.4 Å². The number of aromatic nitrogens is 1. The van der Waals surface area contributed by atoms with Crippen molar-refractivity contribution in [3.05, 3.63) is 58.6 Å². The van der Waals surface area contributed by atoms with Gasteiger partial charge in [0.2, 0.25) is 0 Å². The molecule has 1 aromatic carbocycles. The summed E-state index contributed by atoms with van der Waals surface area (Å²) >= 11 is 1.69. The molecule has 0 unspecified atom stereocenters. The first-order chi connectivity index (χ1) is 18.5. The van der Waals surface area contributed by atoms with Gasteiger partial charge in [-0.25, -0.2) is 0 Å². The highest BCUT2D eigenvalue weighted by molar-refractivity contribution is 7.19. The van der Waals surface area contributed by atoms with Crippen LogP contribution in [0.15, 0.2) is 42.6 Å². The van der Waals surface area contributed by atoms with Gasteiger partial charge in [0.15, 0.2) is 5.78 Å². The first-order valence-corrected chi connectivity index (χ1v) is 14.8. The smallest absolute Gasteiger partial charge is 0.173 e. The van der Waals surface area contributed by atoms with Crippen LogP contribution in [0.4, 0.5) is 5.00 Å². The third-order valence-electron chi connectivity index (χ3n) is 7.94. The van der Waals surface area contributed by atoms with Gasteiger partial charge in [-0.2, -0.15) is 0 Å². The molecule has 0 spiro atoms. The molecular weight excluding hydrogens is 492 g/mol. The number of nitrogens with zero attached hydrogens (tertiary/aromatic N) is 3. The van der Waals surface area contributed by atoms with Crippen LogP contribution >= 0.6 is 11.3 Å². The maximum absolute atomic E-state index is 13.2. The number of hydrogen-bond acceptors (Lipinski definition) is 7. The summed E-state index contributed by atoms with van der Waals surface area (Å²) in [5.74, 6) is 0.285. The minimum absolute atomic E-state index is 0.0325. The molecule has 2 saturated heterocycles. The van der Waals surface area contributed by atoms with E-state index in [-0.39, 0.29) is 11.2 Å². The number of carbonyl (C=O) groups excluding carboxylic acids is 1. The number of morpholine rings is 1. The highest BCUT2D eigenvalue weighted by atomic mass is 32.1. The molecule has 2 aromatic heterocycles. The predicted molar refractivity (Wildman–Crippen MR) is 155 cm³/mol. The number of ether oxygens (including phenoxy) is 1. The summed E-state index contributed by atoms with van der Waals surface area (Å²) in [5, 5.41) is 4.71. The van der Waals surface area contributed by atoms with Gasteiger partial charge in [0.1, 0.15) is 0 Å². The van der Waals surface area contributed by atoms with E-state index in [2.05, 4.69) is 65.4 Å². The van der Waals surface area contributed by atoms with Crippen LogP contribution in [0.3, 0.4) is 0 Å². The zero-order valence-corrected chi connectivity index (χ0v) is 23.4. The molecule has 0 bridgehead atoms. The average molecular weight is 531 g/mol. The monoisotopic (exact) mass is 530 g/mol. The van der Waals surface area contributed by atoms with Crippen LogP contribution < -0.4 is 10.2 Å². The molecule has 0 atom stereocenters. The third-order valence-corrected chi connectivity index (χ3v) is 9.28. The molecule has 0 radical (unpaired) electrons. The van der Waals surface area contributed by atoms with E-state index >= 15 is 0 Å². The fraction of sp³-hybridized carbons (Fsp3) is 0.484. The van der Waals surface area contributed by atoms with Crippen molar-refractivity contribution in [3.8, 4) is 22.4 Å². The molecule has 6 rings (SSSR count). The topological polar surface area (TPSA) is 57.7 Å². The molecule has 6 nitrogen and oxygen atoms in total. The van der Waals surface area contributed by atoms with Crippen LogP contribution in [0.2, 0.25) is 0 Å². The number of carbonyl (C=O) groups is 1. The number of rotatable bonds is 5. The van der Waals surface area contributed by atoms with Crippen molar-refractivity contribution in [2.24, 2.45) is 5.41 Å². The second-order valence-corrected chi connectivity index (χ2v) is 12.6. The second-order valence-electron chi connectivity index (χ2n) is 11.6. The van der Waals surface area contributed by atoms with Gasteiger partial charge in [0.25, 0.3) is 0 Å². The number of nitrogens with one attached hydrogen (secondary N) is 1. The first kappa shape index (κ1) is 25.7. The Labute approximate surface area is 230 Å². The minimum Gasteiger partial charge on any atom is -0.378 e. The van der Waals surface area contributed by atoms with Crippen molar-refractivity contribution >= 4 is 22.1 Å². The van der Waals surface area contributed by atoms with E-state index in [0.29, 0.717) is 6.42 Å². The number of Topliss-reactive ketones (excluding diaryl/α,β-unsaturated/α-hetero) is 1. The summed E-state index contributed by atoms with van der Waals surface area (Å²) in [6.45, 7) is 12.9. The van der Waals surface area contributed by atoms with Crippen LogP contribution in [0.1, 0.15) is 47.5 Å². The minimum atomic E-state index is -0.0325. The zero-order chi connectivity index (χ0) is 26.1. The standard InChI is InChI=1S/C31H38N4O2S/c1-31(2)19-25-28(30(35-13-15-37-16-14-35)38-29(25)27(36)20-31)24-7-9-33-26(18-24)23-6-3-5-22(17-23)21-34-11-4-8-32-10-12-34/h3,5-7,9,17-18,32H,4,8,10-16,19-21H2,1-2H3.